The number of aliphatic carboxylic acids is 1. The number of amides is 1. The van der Waals surface area contributed by atoms with Gasteiger partial charge in [0.1, 0.15) is 0 Å². The number of hydrogen-bond acceptors (Lipinski definition) is 4. The fraction of sp³-hybridized carbons (Fsp3) is 0.846. The van der Waals surface area contributed by atoms with Gasteiger partial charge in [-0.25, -0.2) is 12.7 Å². The molecular formula is C13H24N2O5S. The van der Waals surface area contributed by atoms with Crippen LogP contribution < -0.4 is 5.32 Å². The number of sulfonamides is 1. The fourth-order valence-corrected chi connectivity index (χ4v) is 3.41. The van der Waals surface area contributed by atoms with Gasteiger partial charge >= 0.3 is 5.97 Å². The van der Waals surface area contributed by atoms with Crippen molar-refractivity contribution in [2.24, 2.45) is 5.41 Å². The summed E-state index contributed by atoms with van der Waals surface area (Å²) >= 11 is 0. The Bertz CT molecular complexity index is 485. The van der Waals surface area contributed by atoms with Crippen LogP contribution in [0.4, 0.5) is 0 Å². The van der Waals surface area contributed by atoms with Gasteiger partial charge in [0.15, 0.2) is 0 Å². The summed E-state index contributed by atoms with van der Waals surface area (Å²) in [6.07, 6.45) is 3.61. The van der Waals surface area contributed by atoms with E-state index in [-0.39, 0.29) is 12.3 Å². The standard InChI is InChI=1S/C13H24N2O5S/c1-3-15(21(2,19)20)9-5-8-14-11(16)10-13(12(17)18)6-4-7-13/h3-10H2,1-2H3,(H,14,16)(H,17,18). The fourth-order valence-electron chi connectivity index (χ4n) is 2.48. The Labute approximate surface area is 125 Å². The molecule has 1 fully saturated rings. The lowest BCUT2D eigenvalue weighted by molar-refractivity contribution is -0.157. The summed E-state index contributed by atoms with van der Waals surface area (Å²) < 4.78 is 24.1. The van der Waals surface area contributed by atoms with Crippen molar-refractivity contribution < 1.29 is 23.1 Å². The van der Waals surface area contributed by atoms with E-state index in [2.05, 4.69) is 5.32 Å². The van der Waals surface area contributed by atoms with Crippen LogP contribution in [-0.2, 0) is 19.6 Å². The second-order valence-electron chi connectivity index (χ2n) is 5.57. The quantitative estimate of drug-likeness (QED) is 0.599. The van der Waals surface area contributed by atoms with Gasteiger partial charge in [-0.15, -0.1) is 0 Å². The average molecular weight is 320 g/mol. The molecule has 0 heterocycles. The number of nitrogens with zero attached hydrogens (tertiary/aromatic N) is 1. The van der Waals surface area contributed by atoms with Gasteiger partial charge in [0.2, 0.25) is 15.9 Å². The normalized spacial score (nSPS) is 17.3. The van der Waals surface area contributed by atoms with E-state index in [0.29, 0.717) is 38.9 Å². The van der Waals surface area contributed by atoms with Crippen LogP contribution in [0.15, 0.2) is 0 Å². The van der Waals surface area contributed by atoms with E-state index in [9.17, 15) is 18.0 Å². The molecule has 0 aromatic carbocycles. The summed E-state index contributed by atoms with van der Waals surface area (Å²) in [5.74, 6) is -1.18. The lowest BCUT2D eigenvalue weighted by Gasteiger charge is -2.36. The first-order valence-electron chi connectivity index (χ1n) is 7.16. The van der Waals surface area contributed by atoms with Crippen molar-refractivity contribution >= 4 is 21.9 Å². The number of carboxylic acids is 1. The number of carbonyl (C=O) groups is 2. The number of hydrogen-bond donors (Lipinski definition) is 2. The molecule has 7 nitrogen and oxygen atoms in total. The van der Waals surface area contributed by atoms with Gasteiger partial charge in [-0.05, 0) is 19.3 Å². The molecule has 1 rings (SSSR count). The third kappa shape index (κ3) is 4.96. The maximum absolute atomic E-state index is 11.8. The summed E-state index contributed by atoms with van der Waals surface area (Å²) in [6, 6.07) is 0. The molecule has 0 aromatic heterocycles. The van der Waals surface area contributed by atoms with Crippen LogP contribution in [0.25, 0.3) is 0 Å². The Hall–Kier alpha value is -1.15. The lowest BCUT2D eigenvalue weighted by atomic mass is 9.66. The molecule has 0 radical (unpaired) electrons. The maximum atomic E-state index is 11.8. The van der Waals surface area contributed by atoms with Crippen LogP contribution in [-0.4, -0.2) is 55.6 Å². The van der Waals surface area contributed by atoms with Crippen LogP contribution in [0.5, 0.6) is 0 Å². The zero-order valence-corrected chi connectivity index (χ0v) is 13.4. The largest absolute Gasteiger partial charge is 0.481 e. The summed E-state index contributed by atoms with van der Waals surface area (Å²) in [5, 5.41) is 11.8. The van der Waals surface area contributed by atoms with E-state index in [1.807, 2.05) is 0 Å². The molecular weight excluding hydrogens is 296 g/mol. The predicted molar refractivity (Wildman–Crippen MR) is 78.3 cm³/mol. The Morgan fingerprint density at radius 1 is 1.33 bits per heavy atom. The first-order chi connectivity index (χ1) is 9.71. The Balaban J connectivity index is 2.30. The van der Waals surface area contributed by atoms with Crippen molar-refractivity contribution in [3.63, 3.8) is 0 Å². The van der Waals surface area contributed by atoms with Gasteiger partial charge in [0.25, 0.3) is 0 Å². The number of carboxylic acid groups (broad SMARTS) is 1. The van der Waals surface area contributed by atoms with Crippen LogP contribution in [0, 0.1) is 5.41 Å². The number of nitrogens with one attached hydrogen (secondary N) is 1. The van der Waals surface area contributed by atoms with Crippen LogP contribution in [0.1, 0.15) is 39.0 Å². The lowest BCUT2D eigenvalue weighted by Crippen LogP contribution is -2.43. The Morgan fingerprint density at radius 3 is 2.33 bits per heavy atom. The van der Waals surface area contributed by atoms with E-state index in [1.54, 1.807) is 6.92 Å². The smallest absolute Gasteiger partial charge is 0.310 e. The van der Waals surface area contributed by atoms with Crippen LogP contribution in [0.3, 0.4) is 0 Å². The Kier molecular flexibility index (Phi) is 6.15. The SMILES string of the molecule is CCN(CCCNC(=O)CC1(C(=O)O)CCC1)S(C)(=O)=O. The van der Waals surface area contributed by atoms with Gasteiger partial charge in [0.05, 0.1) is 11.7 Å². The molecule has 0 atom stereocenters. The molecule has 0 saturated heterocycles. The molecule has 0 aliphatic heterocycles. The minimum atomic E-state index is -3.21. The molecule has 1 saturated carbocycles. The van der Waals surface area contributed by atoms with Crippen LogP contribution in [0.2, 0.25) is 0 Å². The molecule has 0 bridgehead atoms. The van der Waals surface area contributed by atoms with E-state index < -0.39 is 21.4 Å². The van der Waals surface area contributed by atoms with Crippen molar-refractivity contribution in [2.45, 2.75) is 39.0 Å². The van der Waals surface area contributed by atoms with Gasteiger partial charge in [-0.3, -0.25) is 9.59 Å². The summed E-state index contributed by atoms with van der Waals surface area (Å²) in [7, 11) is -3.21. The molecule has 0 aromatic rings. The van der Waals surface area contributed by atoms with E-state index >= 15 is 0 Å². The highest BCUT2D eigenvalue weighted by atomic mass is 32.2. The topological polar surface area (TPSA) is 104 Å². The van der Waals surface area contributed by atoms with E-state index in [1.165, 1.54) is 4.31 Å². The molecule has 1 amide bonds. The van der Waals surface area contributed by atoms with Crippen molar-refractivity contribution in [2.75, 3.05) is 25.9 Å². The molecule has 8 heteroatoms. The summed E-state index contributed by atoms with van der Waals surface area (Å²) in [4.78, 5) is 22.9. The Morgan fingerprint density at radius 2 is 1.95 bits per heavy atom. The van der Waals surface area contributed by atoms with Crippen molar-refractivity contribution in [1.82, 2.24) is 9.62 Å². The highest BCUT2D eigenvalue weighted by molar-refractivity contribution is 7.88. The second-order valence-corrected chi connectivity index (χ2v) is 7.56. The molecule has 0 unspecified atom stereocenters. The minimum absolute atomic E-state index is 0.00585. The second kappa shape index (κ2) is 7.22. The zero-order chi connectivity index (χ0) is 16.1. The first kappa shape index (κ1) is 17.9. The van der Waals surface area contributed by atoms with Gasteiger partial charge in [-0.1, -0.05) is 13.3 Å². The molecule has 2 N–H and O–H groups in total. The predicted octanol–water partition coefficient (Wildman–Crippen LogP) is 0.419. The third-order valence-electron chi connectivity index (χ3n) is 3.99. The average Bonchev–Trinajstić information content (AvgIpc) is 2.31. The molecule has 122 valence electrons. The summed E-state index contributed by atoms with van der Waals surface area (Å²) in [6.45, 7) is 2.85. The van der Waals surface area contributed by atoms with Gasteiger partial charge < -0.3 is 10.4 Å². The minimum Gasteiger partial charge on any atom is -0.481 e. The van der Waals surface area contributed by atoms with Gasteiger partial charge in [0, 0.05) is 26.1 Å². The van der Waals surface area contributed by atoms with Crippen molar-refractivity contribution in [3.05, 3.63) is 0 Å². The molecule has 0 spiro atoms. The van der Waals surface area contributed by atoms with E-state index in [0.717, 1.165) is 12.7 Å². The van der Waals surface area contributed by atoms with Crippen LogP contribution >= 0.6 is 0 Å². The number of rotatable bonds is 9. The first-order valence-corrected chi connectivity index (χ1v) is 9.01. The highest BCUT2D eigenvalue weighted by Crippen LogP contribution is 2.44. The molecule has 1 aliphatic carbocycles. The monoisotopic (exact) mass is 320 g/mol. The van der Waals surface area contributed by atoms with E-state index in [4.69, 9.17) is 5.11 Å². The van der Waals surface area contributed by atoms with Crippen molar-refractivity contribution in [1.29, 1.82) is 0 Å². The maximum Gasteiger partial charge on any atom is 0.310 e. The number of carbonyl (C=O) groups excluding carboxylic acids is 1. The van der Waals surface area contributed by atoms with Gasteiger partial charge in [-0.2, -0.15) is 0 Å². The molecule has 21 heavy (non-hydrogen) atoms. The highest BCUT2D eigenvalue weighted by Gasteiger charge is 2.45. The summed E-state index contributed by atoms with van der Waals surface area (Å²) in [5.41, 5.74) is -0.883. The third-order valence-corrected chi connectivity index (χ3v) is 5.37. The molecule has 1 aliphatic rings. The van der Waals surface area contributed by atoms with Crippen molar-refractivity contribution in [3.8, 4) is 0 Å². The zero-order valence-electron chi connectivity index (χ0n) is 12.6.